The van der Waals surface area contributed by atoms with Crippen LogP contribution in [0.1, 0.15) is 34.6 Å². The molecule has 0 fully saturated rings. The first kappa shape index (κ1) is 13.2. The number of aromatic nitrogens is 2. The number of benzene rings is 1. The fourth-order valence-electron chi connectivity index (χ4n) is 1.72. The highest BCUT2D eigenvalue weighted by Gasteiger charge is 2.15. The third-order valence-electron chi connectivity index (χ3n) is 2.87. The second-order valence-corrected chi connectivity index (χ2v) is 4.28. The van der Waals surface area contributed by atoms with Gasteiger partial charge in [-0.25, -0.2) is 8.78 Å². The maximum absolute atomic E-state index is 13.1. The summed E-state index contributed by atoms with van der Waals surface area (Å²) in [5.41, 5.74) is 1.57. The normalized spacial score (nSPS) is 12.2. The van der Waals surface area contributed by atoms with Crippen molar-refractivity contribution in [2.45, 2.75) is 19.9 Å². The standard InChI is InChI=1S/C13H13F2N3O/c1-7(9-3-4-11(14)12(15)5-9)17-13(19)10-6-16-18-8(10)2/h3-7H,1-2H3,(H,16,18)(H,17,19). The number of aryl methyl sites for hydroxylation is 1. The van der Waals surface area contributed by atoms with E-state index in [-0.39, 0.29) is 5.91 Å². The molecule has 0 saturated heterocycles. The van der Waals surface area contributed by atoms with Gasteiger partial charge in [0.25, 0.3) is 5.91 Å². The zero-order chi connectivity index (χ0) is 14.0. The van der Waals surface area contributed by atoms with Gasteiger partial charge in [-0.15, -0.1) is 0 Å². The van der Waals surface area contributed by atoms with Gasteiger partial charge in [0.2, 0.25) is 0 Å². The van der Waals surface area contributed by atoms with Crippen molar-refractivity contribution in [2.24, 2.45) is 0 Å². The van der Waals surface area contributed by atoms with Crippen LogP contribution >= 0.6 is 0 Å². The summed E-state index contributed by atoms with van der Waals surface area (Å²) in [5.74, 6) is -2.16. The Morgan fingerprint density at radius 2 is 2.11 bits per heavy atom. The molecule has 19 heavy (non-hydrogen) atoms. The minimum Gasteiger partial charge on any atom is -0.345 e. The van der Waals surface area contributed by atoms with Crippen LogP contribution in [0.5, 0.6) is 0 Å². The summed E-state index contributed by atoms with van der Waals surface area (Å²) in [6.45, 7) is 3.42. The highest BCUT2D eigenvalue weighted by atomic mass is 19.2. The number of halogens is 2. The topological polar surface area (TPSA) is 57.8 Å². The van der Waals surface area contributed by atoms with Crippen molar-refractivity contribution in [1.82, 2.24) is 15.5 Å². The number of hydrogen-bond acceptors (Lipinski definition) is 2. The minimum absolute atomic E-state index is 0.316. The lowest BCUT2D eigenvalue weighted by atomic mass is 10.1. The maximum atomic E-state index is 13.1. The molecule has 0 aliphatic rings. The summed E-state index contributed by atoms with van der Waals surface area (Å²) >= 11 is 0. The molecule has 1 heterocycles. The third kappa shape index (κ3) is 2.78. The number of nitrogens with one attached hydrogen (secondary N) is 2. The van der Waals surface area contributed by atoms with Gasteiger partial charge in [-0.05, 0) is 31.5 Å². The lowest BCUT2D eigenvalue weighted by molar-refractivity contribution is 0.0939. The van der Waals surface area contributed by atoms with E-state index in [4.69, 9.17) is 0 Å². The van der Waals surface area contributed by atoms with Crippen LogP contribution in [0.25, 0.3) is 0 Å². The van der Waals surface area contributed by atoms with E-state index in [1.165, 1.54) is 12.3 Å². The average molecular weight is 265 g/mol. The Hall–Kier alpha value is -2.24. The molecule has 1 aromatic carbocycles. The monoisotopic (exact) mass is 265 g/mol. The number of amides is 1. The van der Waals surface area contributed by atoms with E-state index in [2.05, 4.69) is 15.5 Å². The van der Waals surface area contributed by atoms with Gasteiger partial charge in [-0.3, -0.25) is 9.89 Å². The van der Waals surface area contributed by atoms with Gasteiger partial charge in [0.1, 0.15) is 0 Å². The van der Waals surface area contributed by atoms with Gasteiger partial charge >= 0.3 is 0 Å². The van der Waals surface area contributed by atoms with E-state index < -0.39 is 17.7 Å². The predicted octanol–water partition coefficient (Wildman–Crippen LogP) is 2.49. The summed E-state index contributed by atoms with van der Waals surface area (Å²) in [6.07, 6.45) is 1.42. The van der Waals surface area contributed by atoms with Crippen LogP contribution < -0.4 is 5.32 Å². The van der Waals surface area contributed by atoms with Crippen molar-refractivity contribution < 1.29 is 13.6 Å². The first-order valence-electron chi connectivity index (χ1n) is 5.75. The molecule has 1 unspecified atom stereocenters. The number of hydrogen-bond donors (Lipinski definition) is 2. The number of H-pyrrole nitrogens is 1. The Morgan fingerprint density at radius 3 is 2.68 bits per heavy atom. The summed E-state index contributed by atoms with van der Waals surface area (Å²) in [6, 6.07) is 3.11. The molecule has 1 amide bonds. The third-order valence-corrected chi connectivity index (χ3v) is 2.87. The molecule has 1 aromatic heterocycles. The lowest BCUT2D eigenvalue weighted by Crippen LogP contribution is -2.27. The first-order valence-corrected chi connectivity index (χ1v) is 5.75. The fraction of sp³-hybridized carbons (Fsp3) is 0.231. The van der Waals surface area contributed by atoms with E-state index in [0.717, 1.165) is 12.1 Å². The van der Waals surface area contributed by atoms with Crippen LogP contribution in [-0.4, -0.2) is 16.1 Å². The lowest BCUT2D eigenvalue weighted by Gasteiger charge is -2.14. The minimum atomic E-state index is -0.932. The van der Waals surface area contributed by atoms with Crippen molar-refractivity contribution >= 4 is 5.91 Å². The Kier molecular flexibility index (Phi) is 3.59. The van der Waals surface area contributed by atoms with Crippen molar-refractivity contribution in [3.63, 3.8) is 0 Å². The number of carbonyl (C=O) groups excluding carboxylic acids is 1. The highest BCUT2D eigenvalue weighted by molar-refractivity contribution is 5.95. The van der Waals surface area contributed by atoms with Gasteiger partial charge in [-0.1, -0.05) is 6.07 Å². The molecule has 0 aliphatic carbocycles. The van der Waals surface area contributed by atoms with Gasteiger partial charge in [0.05, 0.1) is 17.8 Å². The van der Waals surface area contributed by atoms with Crippen molar-refractivity contribution in [2.75, 3.05) is 0 Å². The van der Waals surface area contributed by atoms with Crippen LogP contribution in [0, 0.1) is 18.6 Å². The molecule has 0 saturated carbocycles. The molecular weight excluding hydrogens is 252 g/mol. The van der Waals surface area contributed by atoms with Gasteiger partial charge in [0, 0.05) is 5.69 Å². The molecule has 0 radical (unpaired) electrons. The van der Waals surface area contributed by atoms with E-state index in [0.29, 0.717) is 16.8 Å². The molecule has 2 rings (SSSR count). The molecular formula is C13H13F2N3O. The summed E-state index contributed by atoms with van der Waals surface area (Å²) in [7, 11) is 0. The Morgan fingerprint density at radius 1 is 1.37 bits per heavy atom. The van der Waals surface area contributed by atoms with Gasteiger partial charge < -0.3 is 5.32 Å². The van der Waals surface area contributed by atoms with Crippen LogP contribution in [0.4, 0.5) is 8.78 Å². The van der Waals surface area contributed by atoms with Gasteiger partial charge in [0.15, 0.2) is 11.6 Å². The summed E-state index contributed by atoms with van der Waals surface area (Å²) in [5, 5.41) is 9.11. The molecule has 2 aromatic rings. The largest absolute Gasteiger partial charge is 0.345 e. The second kappa shape index (κ2) is 5.17. The first-order chi connectivity index (χ1) is 8.99. The predicted molar refractivity (Wildman–Crippen MR) is 65.6 cm³/mol. The SMILES string of the molecule is Cc1[nH]ncc1C(=O)NC(C)c1ccc(F)c(F)c1. The molecule has 6 heteroatoms. The van der Waals surface area contributed by atoms with Crippen LogP contribution in [0.2, 0.25) is 0 Å². The van der Waals surface area contributed by atoms with Crippen LogP contribution in [0.3, 0.4) is 0 Å². The zero-order valence-corrected chi connectivity index (χ0v) is 10.5. The summed E-state index contributed by atoms with van der Waals surface area (Å²) in [4.78, 5) is 11.9. The van der Waals surface area contributed by atoms with E-state index in [1.54, 1.807) is 13.8 Å². The van der Waals surface area contributed by atoms with E-state index >= 15 is 0 Å². The average Bonchev–Trinajstić information content (AvgIpc) is 2.79. The highest BCUT2D eigenvalue weighted by Crippen LogP contribution is 2.16. The molecule has 2 N–H and O–H groups in total. The van der Waals surface area contributed by atoms with Crippen molar-refractivity contribution in [3.8, 4) is 0 Å². The van der Waals surface area contributed by atoms with Crippen molar-refractivity contribution in [1.29, 1.82) is 0 Å². The molecule has 1 atom stereocenters. The second-order valence-electron chi connectivity index (χ2n) is 4.28. The molecule has 0 aliphatic heterocycles. The zero-order valence-electron chi connectivity index (χ0n) is 10.5. The fourth-order valence-corrected chi connectivity index (χ4v) is 1.72. The van der Waals surface area contributed by atoms with Crippen LogP contribution in [0.15, 0.2) is 24.4 Å². The van der Waals surface area contributed by atoms with Gasteiger partial charge in [-0.2, -0.15) is 5.10 Å². The quantitative estimate of drug-likeness (QED) is 0.895. The smallest absolute Gasteiger partial charge is 0.255 e. The van der Waals surface area contributed by atoms with E-state index in [1.807, 2.05) is 0 Å². The number of nitrogens with zero attached hydrogens (tertiary/aromatic N) is 1. The van der Waals surface area contributed by atoms with Crippen molar-refractivity contribution in [3.05, 3.63) is 52.9 Å². The summed E-state index contributed by atoms with van der Waals surface area (Å²) < 4.78 is 25.9. The number of carbonyl (C=O) groups is 1. The Bertz CT molecular complexity index is 610. The Labute approximate surface area is 108 Å². The number of rotatable bonds is 3. The molecule has 4 nitrogen and oxygen atoms in total. The maximum Gasteiger partial charge on any atom is 0.255 e. The Balaban J connectivity index is 2.13. The number of aromatic amines is 1. The molecule has 0 bridgehead atoms. The van der Waals surface area contributed by atoms with E-state index in [9.17, 15) is 13.6 Å². The molecule has 0 spiro atoms. The van der Waals surface area contributed by atoms with Crippen LogP contribution in [-0.2, 0) is 0 Å². The molecule has 100 valence electrons.